The minimum absolute atomic E-state index is 0.284. The van der Waals surface area contributed by atoms with Gasteiger partial charge in [0.05, 0.1) is 12.2 Å². The first-order chi connectivity index (χ1) is 13.1. The lowest BCUT2D eigenvalue weighted by molar-refractivity contribution is 0.260. The smallest absolute Gasteiger partial charge is 0.182 e. The molecule has 2 aromatic heterocycles. The number of nitrogens with zero attached hydrogens (tertiary/aromatic N) is 6. The molecule has 7 heteroatoms. The lowest BCUT2D eigenvalue weighted by Gasteiger charge is -2.20. The maximum atomic E-state index is 13.8. The Balaban J connectivity index is 1.67. The van der Waals surface area contributed by atoms with Gasteiger partial charge in [-0.1, -0.05) is 6.07 Å². The summed E-state index contributed by atoms with van der Waals surface area (Å²) in [7, 11) is 4.23. The summed E-state index contributed by atoms with van der Waals surface area (Å²) >= 11 is 0. The van der Waals surface area contributed by atoms with E-state index in [4.69, 9.17) is 4.98 Å². The zero-order valence-corrected chi connectivity index (χ0v) is 15.6. The number of likely N-dealkylation sites (N-methyl/N-ethyl adjacent to an activating group) is 1. The highest BCUT2D eigenvalue weighted by molar-refractivity contribution is 5.54. The maximum absolute atomic E-state index is 13.8. The molecule has 1 aliphatic heterocycles. The average molecular weight is 366 g/mol. The van der Waals surface area contributed by atoms with E-state index in [1.165, 1.54) is 12.1 Å². The molecule has 1 aromatic carbocycles. The lowest BCUT2D eigenvalue weighted by Crippen LogP contribution is -2.31. The first-order valence-corrected chi connectivity index (χ1v) is 9.11. The van der Waals surface area contributed by atoms with Crippen LogP contribution in [-0.2, 0) is 6.54 Å². The van der Waals surface area contributed by atoms with Gasteiger partial charge in [0.25, 0.3) is 0 Å². The first-order valence-electron chi connectivity index (χ1n) is 9.11. The minimum atomic E-state index is -0.284. The Morgan fingerprint density at radius 2 is 2.00 bits per heavy atom. The lowest BCUT2D eigenvalue weighted by atomic mass is 10.2. The number of hydrogen-bond donors (Lipinski definition) is 0. The summed E-state index contributed by atoms with van der Waals surface area (Å²) in [5.41, 5.74) is 1.58. The van der Waals surface area contributed by atoms with Crippen LogP contribution in [0, 0.1) is 5.82 Å². The van der Waals surface area contributed by atoms with Gasteiger partial charge in [-0.3, -0.25) is 9.88 Å². The Bertz CT molecular complexity index is 908. The van der Waals surface area contributed by atoms with Crippen molar-refractivity contribution in [3.8, 4) is 17.1 Å². The van der Waals surface area contributed by atoms with Crippen molar-refractivity contribution in [3.05, 3.63) is 60.4 Å². The summed E-state index contributed by atoms with van der Waals surface area (Å²) in [6, 6.07) is 10.8. The second-order valence-electron chi connectivity index (χ2n) is 7.12. The third kappa shape index (κ3) is 3.89. The first kappa shape index (κ1) is 17.8. The van der Waals surface area contributed by atoms with E-state index in [1.807, 2.05) is 18.2 Å². The molecule has 3 heterocycles. The molecule has 0 unspecified atom stereocenters. The Morgan fingerprint density at radius 3 is 2.70 bits per heavy atom. The summed E-state index contributed by atoms with van der Waals surface area (Å²) in [6.45, 7) is 2.69. The fraction of sp³-hybridized carbons (Fsp3) is 0.350. The average Bonchev–Trinajstić information content (AvgIpc) is 3.30. The summed E-state index contributed by atoms with van der Waals surface area (Å²) in [4.78, 5) is 13.5. The van der Waals surface area contributed by atoms with Crippen LogP contribution in [0.4, 0.5) is 4.39 Å². The van der Waals surface area contributed by atoms with Crippen LogP contribution in [0.1, 0.15) is 12.2 Å². The minimum Gasteiger partial charge on any atom is -0.305 e. The van der Waals surface area contributed by atoms with Gasteiger partial charge in [-0.25, -0.2) is 14.1 Å². The molecular formula is C20H23FN6. The molecule has 0 bridgehead atoms. The van der Waals surface area contributed by atoms with Crippen LogP contribution in [-0.4, -0.2) is 62.8 Å². The molecule has 0 saturated carbocycles. The monoisotopic (exact) mass is 366 g/mol. The van der Waals surface area contributed by atoms with E-state index in [0.717, 1.165) is 30.9 Å². The molecule has 0 aliphatic carbocycles. The standard InChI is InChI=1S/C20H23FN6/c1-25(2)18-8-11-26(13-18)14-19-23-20(15-6-9-22-10-7-15)24-27(19)17-5-3-4-16(21)12-17/h3-7,9-10,12,18H,8,11,13-14H2,1-2H3/t18-/m1/s1. The van der Waals surface area contributed by atoms with Gasteiger partial charge in [0.2, 0.25) is 0 Å². The van der Waals surface area contributed by atoms with E-state index in [-0.39, 0.29) is 5.82 Å². The van der Waals surface area contributed by atoms with Gasteiger partial charge < -0.3 is 4.90 Å². The molecule has 0 radical (unpaired) electrons. The van der Waals surface area contributed by atoms with Crippen molar-refractivity contribution < 1.29 is 4.39 Å². The van der Waals surface area contributed by atoms with E-state index >= 15 is 0 Å². The summed E-state index contributed by atoms with van der Waals surface area (Å²) in [5, 5.41) is 4.66. The molecule has 6 nitrogen and oxygen atoms in total. The number of pyridine rings is 1. The number of rotatable bonds is 5. The third-order valence-electron chi connectivity index (χ3n) is 5.01. The normalized spacial score (nSPS) is 17.7. The molecule has 1 saturated heterocycles. The maximum Gasteiger partial charge on any atom is 0.182 e. The fourth-order valence-electron chi connectivity index (χ4n) is 3.46. The molecule has 1 atom stereocenters. The van der Waals surface area contributed by atoms with E-state index in [1.54, 1.807) is 23.1 Å². The van der Waals surface area contributed by atoms with Crippen molar-refractivity contribution in [2.24, 2.45) is 0 Å². The van der Waals surface area contributed by atoms with E-state index in [9.17, 15) is 4.39 Å². The summed E-state index contributed by atoms with van der Waals surface area (Å²) < 4.78 is 15.5. The molecule has 3 aromatic rings. The van der Waals surface area contributed by atoms with Crippen molar-refractivity contribution >= 4 is 0 Å². The van der Waals surface area contributed by atoms with Gasteiger partial charge >= 0.3 is 0 Å². The van der Waals surface area contributed by atoms with Crippen molar-refractivity contribution in [2.45, 2.75) is 19.0 Å². The molecular weight excluding hydrogens is 343 g/mol. The molecule has 0 N–H and O–H groups in total. The zero-order valence-electron chi connectivity index (χ0n) is 15.6. The Labute approximate surface area is 158 Å². The van der Waals surface area contributed by atoms with Gasteiger partial charge in [0.15, 0.2) is 5.82 Å². The number of benzene rings is 1. The van der Waals surface area contributed by atoms with E-state index in [2.05, 4.69) is 34.0 Å². The second-order valence-corrected chi connectivity index (χ2v) is 7.12. The van der Waals surface area contributed by atoms with Crippen LogP contribution < -0.4 is 0 Å². The van der Waals surface area contributed by atoms with E-state index in [0.29, 0.717) is 24.1 Å². The fourth-order valence-corrected chi connectivity index (χ4v) is 3.46. The highest BCUT2D eigenvalue weighted by atomic mass is 19.1. The van der Waals surface area contributed by atoms with E-state index < -0.39 is 0 Å². The highest BCUT2D eigenvalue weighted by Crippen LogP contribution is 2.21. The zero-order chi connectivity index (χ0) is 18.8. The van der Waals surface area contributed by atoms with Crippen LogP contribution in [0.25, 0.3) is 17.1 Å². The summed E-state index contributed by atoms with van der Waals surface area (Å²) in [6.07, 6.45) is 4.58. The third-order valence-corrected chi connectivity index (χ3v) is 5.01. The largest absolute Gasteiger partial charge is 0.305 e. The molecule has 27 heavy (non-hydrogen) atoms. The molecule has 4 rings (SSSR count). The molecule has 0 spiro atoms. The van der Waals surface area contributed by atoms with Crippen molar-refractivity contribution in [1.29, 1.82) is 0 Å². The highest BCUT2D eigenvalue weighted by Gasteiger charge is 2.26. The topological polar surface area (TPSA) is 50.1 Å². The Morgan fingerprint density at radius 1 is 1.19 bits per heavy atom. The Kier molecular flexibility index (Phi) is 4.96. The van der Waals surface area contributed by atoms with Crippen molar-refractivity contribution in [2.75, 3.05) is 27.2 Å². The van der Waals surface area contributed by atoms with Crippen molar-refractivity contribution in [1.82, 2.24) is 29.5 Å². The second kappa shape index (κ2) is 7.54. The van der Waals surface area contributed by atoms with Gasteiger partial charge in [0.1, 0.15) is 11.6 Å². The van der Waals surface area contributed by atoms with Crippen LogP contribution >= 0.6 is 0 Å². The SMILES string of the molecule is CN(C)[C@@H]1CCN(Cc2nc(-c3ccncc3)nn2-c2cccc(F)c2)C1. The molecule has 1 aliphatic rings. The summed E-state index contributed by atoms with van der Waals surface area (Å²) in [5.74, 6) is 1.15. The van der Waals surface area contributed by atoms with Gasteiger partial charge in [-0.15, -0.1) is 5.10 Å². The van der Waals surface area contributed by atoms with Gasteiger partial charge in [-0.2, -0.15) is 0 Å². The number of likely N-dealkylation sites (tertiary alicyclic amines) is 1. The predicted octanol–water partition coefficient (Wildman–Crippen LogP) is 2.60. The predicted molar refractivity (Wildman–Crippen MR) is 102 cm³/mol. The van der Waals surface area contributed by atoms with Gasteiger partial charge in [0, 0.05) is 37.1 Å². The number of hydrogen-bond acceptors (Lipinski definition) is 5. The number of halogens is 1. The Hall–Kier alpha value is -2.64. The van der Waals surface area contributed by atoms with Crippen LogP contribution in [0.2, 0.25) is 0 Å². The van der Waals surface area contributed by atoms with Gasteiger partial charge in [-0.05, 0) is 50.8 Å². The van der Waals surface area contributed by atoms with Crippen LogP contribution in [0.15, 0.2) is 48.8 Å². The quantitative estimate of drug-likeness (QED) is 0.695. The molecule has 0 amide bonds. The number of aromatic nitrogens is 4. The van der Waals surface area contributed by atoms with Crippen LogP contribution in [0.5, 0.6) is 0 Å². The van der Waals surface area contributed by atoms with Crippen LogP contribution in [0.3, 0.4) is 0 Å². The molecule has 140 valence electrons. The molecule has 1 fully saturated rings. The van der Waals surface area contributed by atoms with Crippen molar-refractivity contribution in [3.63, 3.8) is 0 Å².